The third-order valence-corrected chi connectivity index (χ3v) is 3.09. The third kappa shape index (κ3) is 4.88. The summed E-state index contributed by atoms with van der Waals surface area (Å²) in [6.45, 7) is 5.04. The highest BCUT2D eigenvalue weighted by molar-refractivity contribution is 5.32. The summed E-state index contributed by atoms with van der Waals surface area (Å²) in [5.41, 5.74) is 2.79. The van der Waals surface area contributed by atoms with Crippen molar-refractivity contribution in [1.82, 2.24) is 5.32 Å². The Kier molecular flexibility index (Phi) is 7.60. The van der Waals surface area contributed by atoms with Crippen LogP contribution in [-0.4, -0.2) is 13.6 Å². The van der Waals surface area contributed by atoms with E-state index in [4.69, 9.17) is 0 Å². The lowest BCUT2D eigenvalue weighted by Crippen LogP contribution is -2.13. The molecule has 19 heavy (non-hydrogen) atoms. The molecule has 0 aliphatic carbocycles. The van der Waals surface area contributed by atoms with Crippen LogP contribution in [0.1, 0.15) is 37.3 Å². The maximum Gasteiger partial charge on any atom is 0.0101 e. The van der Waals surface area contributed by atoms with Crippen molar-refractivity contribution in [3.63, 3.8) is 0 Å². The molecule has 0 radical (unpaired) electrons. The van der Waals surface area contributed by atoms with Crippen LogP contribution in [0.25, 0.3) is 0 Å². The first kappa shape index (κ1) is 15.5. The van der Waals surface area contributed by atoms with Crippen molar-refractivity contribution in [3.05, 3.63) is 71.8 Å². The highest BCUT2D eigenvalue weighted by Crippen LogP contribution is 2.27. The standard InChI is InChI=1S/C16H19N.C2H6/c1-17-13-12-16(14-8-4-2-5-9-14)15-10-6-3-7-11-15;1-2/h2-11,16-17H,12-13H2,1H3;1-2H3. The molecule has 1 heteroatoms. The van der Waals surface area contributed by atoms with E-state index in [1.807, 2.05) is 20.9 Å². The van der Waals surface area contributed by atoms with Gasteiger partial charge in [-0.15, -0.1) is 0 Å². The summed E-state index contributed by atoms with van der Waals surface area (Å²) in [5.74, 6) is 0.491. The quantitative estimate of drug-likeness (QED) is 0.832. The molecule has 0 unspecified atom stereocenters. The number of benzene rings is 2. The zero-order valence-electron chi connectivity index (χ0n) is 12.3. The van der Waals surface area contributed by atoms with Gasteiger partial charge in [0.1, 0.15) is 0 Å². The molecule has 2 rings (SSSR count). The Morgan fingerprint density at radius 3 is 1.58 bits per heavy atom. The Bertz CT molecular complexity index is 382. The third-order valence-electron chi connectivity index (χ3n) is 3.09. The fraction of sp³-hybridized carbons (Fsp3) is 0.333. The average molecular weight is 255 g/mol. The maximum absolute atomic E-state index is 3.24. The van der Waals surface area contributed by atoms with Gasteiger partial charge in [0.15, 0.2) is 0 Å². The molecule has 0 saturated carbocycles. The summed E-state index contributed by atoms with van der Waals surface area (Å²) >= 11 is 0. The van der Waals surface area contributed by atoms with Gasteiger partial charge in [0.25, 0.3) is 0 Å². The number of hydrogen-bond acceptors (Lipinski definition) is 1. The molecule has 2 aromatic carbocycles. The van der Waals surface area contributed by atoms with E-state index < -0.39 is 0 Å². The Labute approximate surface area is 117 Å². The molecule has 0 amide bonds. The fourth-order valence-electron chi connectivity index (χ4n) is 2.19. The minimum atomic E-state index is 0.491. The second-order valence-electron chi connectivity index (χ2n) is 4.27. The smallest absolute Gasteiger partial charge is 0.0101 e. The van der Waals surface area contributed by atoms with E-state index in [1.54, 1.807) is 0 Å². The van der Waals surface area contributed by atoms with Crippen LogP contribution in [0.15, 0.2) is 60.7 Å². The van der Waals surface area contributed by atoms with Crippen LogP contribution in [0.2, 0.25) is 0 Å². The summed E-state index contributed by atoms with van der Waals surface area (Å²) < 4.78 is 0. The van der Waals surface area contributed by atoms with Gasteiger partial charge in [-0.3, -0.25) is 0 Å². The first-order chi connectivity index (χ1) is 9.42. The molecule has 0 aliphatic rings. The van der Waals surface area contributed by atoms with Crippen LogP contribution in [0.4, 0.5) is 0 Å². The summed E-state index contributed by atoms with van der Waals surface area (Å²) in [5, 5.41) is 3.24. The van der Waals surface area contributed by atoms with Crippen molar-refractivity contribution < 1.29 is 0 Å². The molecule has 0 aromatic heterocycles. The lowest BCUT2D eigenvalue weighted by molar-refractivity contribution is 0.662. The van der Waals surface area contributed by atoms with Gasteiger partial charge in [0, 0.05) is 5.92 Å². The van der Waals surface area contributed by atoms with Crippen LogP contribution in [0, 0.1) is 0 Å². The minimum absolute atomic E-state index is 0.491. The molecule has 0 fully saturated rings. The van der Waals surface area contributed by atoms with Gasteiger partial charge in [-0.2, -0.15) is 0 Å². The molecule has 0 spiro atoms. The summed E-state index contributed by atoms with van der Waals surface area (Å²) in [6.07, 6.45) is 1.13. The number of hydrogen-bond donors (Lipinski definition) is 1. The summed E-state index contributed by atoms with van der Waals surface area (Å²) in [6, 6.07) is 21.5. The Morgan fingerprint density at radius 2 is 1.21 bits per heavy atom. The van der Waals surface area contributed by atoms with Crippen molar-refractivity contribution >= 4 is 0 Å². The van der Waals surface area contributed by atoms with E-state index in [0.29, 0.717) is 5.92 Å². The van der Waals surface area contributed by atoms with Crippen LogP contribution in [0.5, 0.6) is 0 Å². The van der Waals surface area contributed by atoms with Crippen LogP contribution in [-0.2, 0) is 0 Å². The monoisotopic (exact) mass is 255 g/mol. The van der Waals surface area contributed by atoms with E-state index in [2.05, 4.69) is 66.0 Å². The molecule has 1 N–H and O–H groups in total. The van der Waals surface area contributed by atoms with Crippen LogP contribution >= 0.6 is 0 Å². The molecule has 2 aromatic rings. The van der Waals surface area contributed by atoms with E-state index >= 15 is 0 Å². The molecular weight excluding hydrogens is 230 g/mol. The van der Waals surface area contributed by atoms with Crippen molar-refractivity contribution in [3.8, 4) is 0 Å². The van der Waals surface area contributed by atoms with Crippen LogP contribution in [0.3, 0.4) is 0 Å². The zero-order valence-corrected chi connectivity index (χ0v) is 12.3. The highest BCUT2D eigenvalue weighted by atomic mass is 14.8. The van der Waals surface area contributed by atoms with Crippen molar-refractivity contribution in [2.24, 2.45) is 0 Å². The maximum atomic E-state index is 3.24. The minimum Gasteiger partial charge on any atom is -0.320 e. The second-order valence-corrected chi connectivity index (χ2v) is 4.27. The Morgan fingerprint density at radius 1 is 0.789 bits per heavy atom. The molecule has 0 saturated heterocycles. The Balaban J connectivity index is 0.000000861. The summed E-state index contributed by atoms with van der Waals surface area (Å²) in [7, 11) is 2.01. The fourth-order valence-corrected chi connectivity index (χ4v) is 2.19. The second kappa shape index (κ2) is 9.35. The predicted molar refractivity (Wildman–Crippen MR) is 84.6 cm³/mol. The van der Waals surface area contributed by atoms with Crippen LogP contribution < -0.4 is 5.32 Å². The van der Waals surface area contributed by atoms with E-state index in [1.165, 1.54) is 11.1 Å². The number of nitrogens with one attached hydrogen (secondary N) is 1. The lowest BCUT2D eigenvalue weighted by Gasteiger charge is -2.17. The molecule has 0 bridgehead atoms. The molecule has 0 heterocycles. The highest BCUT2D eigenvalue weighted by Gasteiger charge is 2.12. The first-order valence-corrected chi connectivity index (χ1v) is 7.16. The molecule has 1 nitrogen and oxygen atoms in total. The molecule has 0 aliphatic heterocycles. The first-order valence-electron chi connectivity index (χ1n) is 7.16. The van der Waals surface area contributed by atoms with Gasteiger partial charge in [-0.05, 0) is 31.1 Å². The molecule has 0 atom stereocenters. The van der Waals surface area contributed by atoms with Gasteiger partial charge in [0.05, 0.1) is 0 Å². The summed E-state index contributed by atoms with van der Waals surface area (Å²) in [4.78, 5) is 0. The van der Waals surface area contributed by atoms with Gasteiger partial charge in [-0.1, -0.05) is 74.5 Å². The van der Waals surface area contributed by atoms with Gasteiger partial charge in [0.2, 0.25) is 0 Å². The molecule has 102 valence electrons. The van der Waals surface area contributed by atoms with E-state index in [9.17, 15) is 0 Å². The van der Waals surface area contributed by atoms with Gasteiger partial charge in [-0.25, -0.2) is 0 Å². The largest absolute Gasteiger partial charge is 0.320 e. The normalized spacial score (nSPS) is 9.89. The van der Waals surface area contributed by atoms with Gasteiger partial charge >= 0.3 is 0 Å². The average Bonchev–Trinajstić information content (AvgIpc) is 2.52. The lowest BCUT2D eigenvalue weighted by atomic mass is 9.88. The Hall–Kier alpha value is -1.60. The van der Waals surface area contributed by atoms with E-state index in [-0.39, 0.29) is 0 Å². The predicted octanol–water partition coefficient (Wildman–Crippen LogP) is 4.45. The van der Waals surface area contributed by atoms with Crippen molar-refractivity contribution in [2.45, 2.75) is 26.2 Å². The number of rotatable bonds is 5. The van der Waals surface area contributed by atoms with Crippen molar-refractivity contribution in [2.75, 3.05) is 13.6 Å². The molecular formula is C18H25N. The van der Waals surface area contributed by atoms with E-state index in [0.717, 1.165) is 13.0 Å². The van der Waals surface area contributed by atoms with Crippen molar-refractivity contribution in [1.29, 1.82) is 0 Å². The van der Waals surface area contributed by atoms with Gasteiger partial charge < -0.3 is 5.32 Å². The zero-order chi connectivity index (χ0) is 13.9. The topological polar surface area (TPSA) is 12.0 Å². The SMILES string of the molecule is CC.CNCCC(c1ccccc1)c1ccccc1.